The smallest absolute Gasteiger partial charge is 0.418 e. The van der Waals surface area contributed by atoms with Crippen molar-refractivity contribution in [1.29, 1.82) is 0 Å². The van der Waals surface area contributed by atoms with E-state index in [1.54, 1.807) is 4.90 Å². The van der Waals surface area contributed by atoms with E-state index in [-0.39, 0.29) is 12.5 Å². The number of carboxylic acid groups (broad SMARTS) is 1. The van der Waals surface area contributed by atoms with Crippen molar-refractivity contribution in [3.63, 3.8) is 0 Å². The molecule has 1 amide bonds. The van der Waals surface area contributed by atoms with Gasteiger partial charge >= 0.3 is 12.1 Å². The molecule has 6 heteroatoms. The van der Waals surface area contributed by atoms with E-state index in [9.17, 15) is 9.59 Å². The van der Waals surface area contributed by atoms with Crippen LogP contribution < -0.4 is 9.64 Å². The molecular weight excluding hydrogens is 418 g/mol. The monoisotopic (exact) mass is 445 g/mol. The van der Waals surface area contributed by atoms with Gasteiger partial charge < -0.3 is 14.6 Å². The molecule has 3 aromatic carbocycles. The molecule has 0 saturated heterocycles. The Hall–Kier alpha value is -3.80. The number of anilines is 2. The summed E-state index contributed by atoms with van der Waals surface area (Å²) in [5, 5.41) is 8.93. The maximum absolute atomic E-state index is 13.1. The van der Waals surface area contributed by atoms with Gasteiger partial charge in [0.2, 0.25) is 0 Å². The maximum Gasteiger partial charge on any atom is 0.418 e. The third-order valence-electron chi connectivity index (χ3n) is 5.84. The first kappa shape index (κ1) is 22.4. The molecular formula is C27H27NO5. The molecule has 0 heterocycles. The summed E-state index contributed by atoms with van der Waals surface area (Å²) >= 11 is 0. The lowest BCUT2D eigenvalue weighted by Crippen LogP contribution is -2.27. The fourth-order valence-electron chi connectivity index (χ4n) is 4.36. The fraction of sp³-hybridized carbons (Fsp3) is 0.259. The summed E-state index contributed by atoms with van der Waals surface area (Å²) in [6, 6.07) is 24.7. The highest BCUT2D eigenvalue weighted by Gasteiger charge is 2.25. The number of carboxylic acids is 1. The predicted molar refractivity (Wildman–Crippen MR) is 126 cm³/mol. The highest BCUT2D eigenvalue weighted by molar-refractivity contribution is 5.95. The van der Waals surface area contributed by atoms with E-state index < -0.39 is 12.1 Å². The number of carbonyl (C=O) groups excluding carboxylic acids is 1. The molecule has 3 aromatic rings. The third-order valence-corrected chi connectivity index (χ3v) is 5.84. The average Bonchev–Trinajstić information content (AvgIpc) is 2.84. The van der Waals surface area contributed by atoms with Crippen LogP contribution in [0.15, 0.2) is 78.9 Å². The third kappa shape index (κ3) is 5.52. The van der Waals surface area contributed by atoms with Crippen LogP contribution in [0.25, 0.3) is 0 Å². The minimum absolute atomic E-state index is 0.233. The molecule has 0 aliphatic heterocycles. The molecule has 0 saturated carbocycles. The number of benzene rings is 3. The van der Waals surface area contributed by atoms with Crippen LogP contribution in [-0.4, -0.2) is 30.4 Å². The van der Waals surface area contributed by atoms with Gasteiger partial charge in [-0.05, 0) is 73.1 Å². The summed E-state index contributed by atoms with van der Waals surface area (Å²) in [7, 11) is 0. The van der Waals surface area contributed by atoms with Crippen molar-refractivity contribution in [3.05, 3.63) is 90.0 Å². The normalized spacial score (nSPS) is 14.7. The number of nitrogens with zero attached hydrogens (tertiary/aromatic N) is 1. The van der Waals surface area contributed by atoms with Gasteiger partial charge in [0, 0.05) is 0 Å². The van der Waals surface area contributed by atoms with Crippen LogP contribution >= 0.6 is 0 Å². The van der Waals surface area contributed by atoms with Gasteiger partial charge in [0.15, 0.2) is 6.61 Å². The maximum atomic E-state index is 13.1. The molecule has 0 spiro atoms. The first-order chi connectivity index (χ1) is 16.1. The summed E-state index contributed by atoms with van der Waals surface area (Å²) < 4.78 is 11.2. The summed E-state index contributed by atoms with van der Waals surface area (Å²) in [4.78, 5) is 25.5. The zero-order chi connectivity index (χ0) is 23.0. The number of para-hydroxylation sites is 2. The Morgan fingerprint density at radius 1 is 0.909 bits per heavy atom. The standard InChI is InChI=1S/C27H27NO5/c29-26(30)19-33-25-16-8-14-23-20(9-7-15-24(23)25)17-18-32-27(31)28(21-10-3-1-4-11-21)22-12-5-2-6-13-22/h1-6,8,10-14,16,20H,7,9,15,17-19H2,(H,29,30). The molecule has 1 aliphatic carbocycles. The van der Waals surface area contributed by atoms with E-state index in [0.717, 1.165) is 41.8 Å². The van der Waals surface area contributed by atoms with E-state index in [1.165, 1.54) is 0 Å². The zero-order valence-corrected chi connectivity index (χ0v) is 18.4. The second-order valence-electron chi connectivity index (χ2n) is 8.01. The lowest BCUT2D eigenvalue weighted by Gasteiger charge is -2.27. The van der Waals surface area contributed by atoms with Crippen molar-refractivity contribution < 1.29 is 24.2 Å². The van der Waals surface area contributed by atoms with Gasteiger partial charge in [-0.25, -0.2) is 14.5 Å². The molecule has 1 unspecified atom stereocenters. The Balaban J connectivity index is 1.43. The number of aliphatic carboxylic acids is 1. The van der Waals surface area contributed by atoms with Crippen molar-refractivity contribution in [2.45, 2.75) is 31.6 Å². The highest BCUT2D eigenvalue weighted by Crippen LogP contribution is 2.38. The van der Waals surface area contributed by atoms with Crippen LogP contribution in [0.3, 0.4) is 0 Å². The number of carbonyl (C=O) groups is 2. The zero-order valence-electron chi connectivity index (χ0n) is 18.4. The largest absolute Gasteiger partial charge is 0.482 e. The summed E-state index contributed by atoms with van der Waals surface area (Å²) in [6.07, 6.45) is 3.12. The Morgan fingerprint density at radius 2 is 1.58 bits per heavy atom. The van der Waals surface area contributed by atoms with E-state index >= 15 is 0 Å². The van der Waals surface area contributed by atoms with E-state index in [0.29, 0.717) is 18.8 Å². The van der Waals surface area contributed by atoms with Crippen LogP contribution in [-0.2, 0) is 16.0 Å². The fourth-order valence-corrected chi connectivity index (χ4v) is 4.36. The molecule has 0 bridgehead atoms. The van der Waals surface area contributed by atoms with Crippen molar-refractivity contribution in [2.75, 3.05) is 18.1 Å². The van der Waals surface area contributed by atoms with Crippen molar-refractivity contribution in [2.24, 2.45) is 0 Å². The van der Waals surface area contributed by atoms with Crippen LogP contribution in [0.4, 0.5) is 16.2 Å². The summed E-state index contributed by atoms with van der Waals surface area (Å²) in [5.41, 5.74) is 3.72. The van der Waals surface area contributed by atoms with Gasteiger partial charge in [0.05, 0.1) is 18.0 Å². The Morgan fingerprint density at radius 3 is 2.21 bits per heavy atom. The number of fused-ring (bicyclic) bond motifs is 1. The van der Waals surface area contributed by atoms with Crippen LogP contribution in [0.1, 0.15) is 36.3 Å². The van der Waals surface area contributed by atoms with Crippen LogP contribution in [0.5, 0.6) is 5.75 Å². The second kappa shape index (κ2) is 10.7. The van der Waals surface area contributed by atoms with Crippen molar-refractivity contribution >= 4 is 23.4 Å². The first-order valence-electron chi connectivity index (χ1n) is 11.2. The molecule has 0 aromatic heterocycles. The van der Waals surface area contributed by atoms with Crippen LogP contribution in [0, 0.1) is 0 Å². The number of hydrogen-bond acceptors (Lipinski definition) is 4. The molecule has 1 aliphatic rings. The average molecular weight is 446 g/mol. The van der Waals surface area contributed by atoms with E-state index in [2.05, 4.69) is 6.07 Å². The van der Waals surface area contributed by atoms with Crippen LogP contribution in [0.2, 0.25) is 0 Å². The lowest BCUT2D eigenvalue weighted by molar-refractivity contribution is -0.139. The molecule has 4 rings (SSSR count). The molecule has 1 N–H and O–H groups in total. The number of hydrogen-bond donors (Lipinski definition) is 1. The Kier molecular flexibility index (Phi) is 7.25. The van der Waals surface area contributed by atoms with Crippen molar-refractivity contribution in [1.82, 2.24) is 0 Å². The second-order valence-corrected chi connectivity index (χ2v) is 8.01. The highest BCUT2D eigenvalue weighted by atomic mass is 16.6. The quantitative estimate of drug-likeness (QED) is 0.465. The number of ether oxygens (including phenoxy) is 2. The van der Waals surface area contributed by atoms with E-state index in [1.807, 2.05) is 72.8 Å². The predicted octanol–water partition coefficient (Wildman–Crippen LogP) is 5.93. The van der Waals surface area contributed by atoms with Gasteiger partial charge in [-0.15, -0.1) is 0 Å². The summed E-state index contributed by atoms with van der Waals surface area (Å²) in [6.45, 7) is -0.0626. The molecule has 0 fully saturated rings. The molecule has 6 nitrogen and oxygen atoms in total. The molecule has 0 radical (unpaired) electrons. The topological polar surface area (TPSA) is 76.1 Å². The van der Waals surface area contributed by atoms with Gasteiger partial charge in [0.1, 0.15) is 5.75 Å². The van der Waals surface area contributed by atoms with Gasteiger partial charge in [-0.3, -0.25) is 0 Å². The van der Waals surface area contributed by atoms with E-state index in [4.69, 9.17) is 14.6 Å². The number of amides is 1. The molecule has 170 valence electrons. The Bertz CT molecular complexity index is 1040. The Labute approximate surface area is 193 Å². The number of rotatable bonds is 8. The van der Waals surface area contributed by atoms with Gasteiger partial charge in [-0.2, -0.15) is 0 Å². The van der Waals surface area contributed by atoms with Gasteiger partial charge in [-0.1, -0.05) is 48.5 Å². The minimum atomic E-state index is -0.992. The first-order valence-corrected chi connectivity index (χ1v) is 11.2. The van der Waals surface area contributed by atoms with Gasteiger partial charge in [0.25, 0.3) is 0 Å². The lowest BCUT2D eigenvalue weighted by atomic mass is 9.81. The SMILES string of the molecule is O=C(O)COc1cccc2c1CCCC2CCOC(=O)N(c1ccccc1)c1ccccc1. The minimum Gasteiger partial charge on any atom is -0.482 e. The summed E-state index contributed by atoms with van der Waals surface area (Å²) in [5.74, 6) is -0.124. The molecule has 33 heavy (non-hydrogen) atoms. The van der Waals surface area contributed by atoms with Crippen molar-refractivity contribution in [3.8, 4) is 5.75 Å². The molecule has 1 atom stereocenters.